The van der Waals surface area contributed by atoms with Gasteiger partial charge in [-0.3, -0.25) is 29.6 Å². The SMILES string of the molecule is COc1ccc(Cl)cc1NC(=O)COC(=O)[C@@H]1CC(=O)N(NC(=O)c2ccccc2)C1. The molecule has 0 spiro atoms. The predicted molar refractivity (Wildman–Crippen MR) is 111 cm³/mol. The number of nitrogens with zero attached hydrogens (tertiary/aromatic N) is 1. The quantitative estimate of drug-likeness (QED) is 0.630. The number of amides is 3. The summed E-state index contributed by atoms with van der Waals surface area (Å²) in [6.45, 7) is -0.588. The number of carbonyl (C=O) groups excluding carboxylic acids is 4. The van der Waals surface area contributed by atoms with Crippen LogP contribution in [-0.4, -0.2) is 49.0 Å². The molecule has 31 heavy (non-hydrogen) atoms. The van der Waals surface area contributed by atoms with E-state index in [0.717, 1.165) is 5.01 Å². The summed E-state index contributed by atoms with van der Waals surface area (Å²) >= 11 is 5.91. The predicted octanol–water partition coefficient (Wildman–Crippen LogP) is 2.02. The average molecular weight is 446 g/mol. The highest BCUT2D eigenvalue weighted by atomic mass is 35.5. The molecule has 1 aliphatic heterocycles. The molecule has 0 aliphatic carbocycles. The van der Waals surface area contributed by atoms with Crippen molar-refractivity contribution in [3.05, 3.63) is 59.1 Å². The minimum atomic E-state index is -0.794. The fourth-order valence-electron chi connectivity index (χ4n) is 2.97. The first-order valence-electron chi connectivity index (χ1n) is 9.34. The Bertz CT molecular complexity index is 998. The number of rotatable bonds is 7. The maximum atomic E-state index is 12.3. The summed E-state index contributed by atoms with van der Waals surface area (Å²) in [6.07, 6.45) is -0.127. The van der Waals surface area contributed by atoms with E-state index in [0.29, 0.717) is 22.0 Å². The topological polar surface area (TPSA) is 114 Å². The van der Waals surface area contributed by atoms with Gasteiger partial charge in [-0.05, 0) is 30.3 Å². The lowest BCUT2D eigenvalue weighted by Crippen LogP contribution is -2.43. The Balaban J connectivity index is 1.50. The third-order valence-electron chi connectivity index (χ3n) is 4.51. The zero-order valence-corrected chi connectivity index (χ0v) is 17.3. The molecule has 1 heterocycles. The molecule has 0 saturated carbocycles. The van der Waals surface area contributed by atoms with E-state index >= 15 is 0 Å². The lowest BCUT2D eigenvalue weighted by atomic mass is 10.1. The van der Waals surface area contributed by atoms with Crippen LogP contribution in [0.25, 0.3) is 0 Å². The minimum Gasteiger partial charge on any atom is -0.495 e. The van der Waals surface area contributed by atoms with Crippen LogP contribution in [-0.2, 0) is 19.1 Å². The van der Waals surface area contributed by atoms with E-state index in [4.69, 9.17) is 21.1 Å². The van der Waals surface area contributed by atoms with E-state index in [1.807, 2.05) is 0 Å². The van der Waals surface area contributed by atoms with Gasteiger partial charge in [-0.25, -0.2) is 0 Å². The van der Waals surface area contributed by atoms with E-state index in [1.165, 1.54) is 13.2 Å². The summed E-state index contributed by atoms with van der Waals surface area (Å²) in [6, 6.07) is 13.1. The molecule has 3 rings (SSSR count). The van der Waals surface area contributed by atoms with E-state index in [9.17, 15) is 19.2 Å². The molecule has 1 fully saturated rings. The first-order chi connectivity index (χ1) is 14.9. The molecule has 0 aromatic heterocycles. The third-order valence-corrected chi connectivity index (χ3v) is 4.75. The number of hydrazine groups is 1. The Hall–Kier alpha value is -3.59. The number of hydrogen-bond acceptors (Lipinski definition) is 6. The normalized spacial score (nSPS) is 15.4. The summed E-state index contributed by atoms with van der Waals surface area (Å²) < 4.78 is 10.2. The summed E-state index contributed by atoms with van der Waals surface area (Å²) in [5.41, 5.74) is 3.20. The molecule has 1 aliphatic rings. The summed E-state index contributed by atoms with van der Waals surface area (Å²) in [4.78, 5) is 48.7. The van der Waals surface area contributed by atoms with Gasteiger partial charge in [-0.2, -0.15) is 0 Å². The number of benzene rings is 2. The van der Waals surface area contributed by atoms with Crippen molar-refractivity contribution in [1.82, 2.24) is 10.4 Å². The molecule has 1 saturated heterocycles. The average Bonchev–Trinajstić information content (AvgIpc) is 3.13. The van der Waals surface area contributed by atoms with Crippen molar-refractivity contribution in [1.29, 1.82) is 0 Å². The van der Waals surface area contributed by atoms with Crippen molar-refractivity contribution in [2.45, 2.75) is 6.42 Å². The van der Waals surface area contributed by atoms with Crippen LogP contribution >= 0.6 is 11.6 Å². The molecule has 0 radical (unpaired) electrons. The number of esters is 1. The van der Waals surface area contributed by atoms with Crippen molar-refractivity contribution < 1.29 is 28.7 Å². The molecule has 0 unspecified atom stereocenters. The van der Waals surface area contributed by atoms with E-state index < -0.39 is 36.2 Å². The lowest BCUT2D eigenvalue weighted by Gasteiger charge is -2.17. The zero-order valence-electron chi connectivity index (χ0n) is 16.6. The van der Waals surface area contributed by atoms with Crippen molar-refractivity contribution in [2.75, 3.05) is 25.6 Å². The molecule has 2 aromatic carbocycles. The highest BCUT2D eigenvalue weighted by molar-refractivity contribution is 6.31. The molecule has 2 aromatic rings. The molecule has 3 amide bonds. The van der Waals surface area contributed by atoms with Gasteiger partial charge < -0.3 is 14.8 Å². The van der Waals surface area contributed by atoms with E-state index in [1.54, 1.807) is 42.5 Å². The van der Waals surface area contributed by atoms with Crippen molar-refractivity contribution in [3.63, 3.8) is 0 Å². The Morgan fingerprint density at radius 1 is 1.16 bits per heavy atom. The first kappa shape index (κ1) is 22.1. The number of anilines is 1. The molecule has 9 nitrogen and oxygen atoms in total. The Kier molecular flexibility index (Phi) is 7.09. The minimum absolute atomic E-state index is 0.0417. The van der Waals surface area contributed by atoms with Crippen LogP contribution in [0.4, 0.5) is 5.69 Å². The maximum Gasteiger partial charge on any atom is 0.311 e. The smallest absolute Gasteiger partial charge is 0.311 e. The van der Waals surface area contributed by atoms with Gasteiger partial charge in [0.05, 0.1) is 25.3 Å². The first-order valence-corrected chi connectivity index (χ1v) is 9.71. The standard InChI is InChI=1S/C21H20ClN3O6/c1-30-17-8-7-15(22)10-16(17)23-18(26)12-31-21(29)14-9-19(27)25(11-14)24-20(28)13-5-3-2-4-6-13/h2-8,10,14H,9,11-12H2,1H3,(H,23,26)(H,24,28)/t14-/m1/s1. The second kappa shape index (κ2) is 9.94. The zero-order chi connectivity index (χ0) is 22.4. The Morgan fingerprint density at radius 2 is 1.90 bits per heavy atom. The second-order valence-corrected chi connectivity index (χ2v) is 7.15. The highest BCUT2D eigenvalue weighted by Gasteiger charge is 2.36. The molecule has 0 bridgehead atoms. The van der Waals surface area contributed by atoms with Crippen LogP contribution in [0.5, 0.6) is 5.75 Å². The number of carbonyl (C=O) groups is 4. The lowest BCUT2D eigenvalue weighted by molar-refractivity contribution is -0.151. The van der Waals surface area contributed by atoms with Gasteiger partial charge in [-0.15, -0.1) is 0 Å². The Morgan fingerprint density at radius 3 is 2.61 bits per heavy atom. The number of hydrogen-bond donors (Lipinski definition) is 2. The van der Waals surface area contributed by atoms with Gasteiger partial charge in [0.1, 0.15) is 5.75 Å². The van der Waals surface area contributed by atoms with Crippen LogP contribution in [0.3, 0.4) is 0 Å². The van der Waals surface area contributed by atoms with Crippen molar-refractivity contribution >= 4 is 41.0 Å². The summed E-state index contributed by atoms with van der Waals surface area (Å²) in [5.74, 6) is -2.57. The fraction of sp³-hybridized carbons (Fsp3) is 0.238. The molecule has 2 N–H and O–H groups in total. The fourth-order valence-corrected chi connectivity index (χ4v) is 3.14. The number of nitrogens with one attached hydrogen (secondary N) is 2. The van der Waals surface area contributed by atoms with Crippen LogP contribution in [0, 0.1) is 5.92 Å². The van der Waals surface area contributed by atoms with Crippen LogP contribution in [0.15, 0.2) is 48.5 Å². The van der Waals surface area contributed by atoms with Gasteiger partial charge in [0.15, 0.2) is 6.61 Å². The molecule has 1 atom stereocenters. The van der Waals surface area contributed by atoms with Crippen LogP contribution in [0.1, 0.15) is 16.8 Å². The molecular formula is C21H20ClN3O6. The van der Waals surface area contributed by atoms with Crippen molar-refractivity contribution in [2.24, 2.45) is 5.92 Å². The van der Waals surface area contributed by atoms with Gasteiger partial charge in [-0.1, -0.05) is 29.8 Å². The summed E-state index contributed by atoms with van der Waals surface area (Å²) in [7, 11) is 1.44. The Labute approximate surface area is 183 Å². The molecular weight excluding hydrogens is 426 g/mol. The molecule has 162 valence electrons. The van der Waals surface area contributed by atoms with Gasteiger partial charge >= 0.3 is 5.97 Å². The van der Waals surface area contributed by atoms with E-state index in [-0.39, 0.29) is 13.0 Å². The van der Waals surface area contributed by atoms with Crippen LogP contribution < -0.4 is 15.5 Å². The third kappa shape index (κ3) is 5.73. The van der Waals surface area contributed by atoms with Gasteiger partial charge in [0.25, 0.3) is 11.8 Å². The monoisotopic (exact) mass is 445 g/mol. The maximum absolute atomic E-state index is 12.3. The highest BCUT2D eigenvalue weighted by Crippen LogP contribution is 2.27. The largest absolute Gasteiger partial charge is 0.495 e. The number of ether oxygens (including phenoxy) is 2. The number of methoxy groups -OCH3 is 1. The van der Waals surface area contributed by atoms with Crippen molar-refractivity contribution in [3.8, 4) is 5.75 Å². The molecule has 10 heteroatoms. The number of halogens is 1. The summed E-state index contributed by atoms with van der Waals surface area (Å²) in [5, 5.41) is 4.03. The van der Waals surface area contributed by atoms with Gasteiger partial charge in [0, 0.05) is 17.0 Å². The second-order valence-electron chi connectivity index (χ2n) is 6.71. The van der Waals surface area contributed by atoms with Gasteiger partial charge in [0.2, 0.25) is 5.91 Å². The van der Waals surface area contributed by atoms with E-state index in [2.05, 4.69) is 10.7 Å². The van der Waals surface area contributed by atoms with Crippen LogP contribution in [0.2, 0.25) is 5.02 Å².